The van der Waals surface area contributed by atoms with Gasteiger partial charge in [0.15, 0.2) is 11.6 Å². The average molecular weight is 463 g/mol. The average Bonchev–Trinajstić information content (AvgIpc) is 3.37. The molecule has 0 aliphatic carbocycles. The number of carbonyl (C=O) groups excluding carboxylic acids is 2. The number of carbonyl (C=O) groups is 3. The molecular formula is C25H22FN3O5. The Hall–Kier alpha value is -4.27. The molecule has 34 heavy (non-hydrogen) atoms. The summed E-state index contributed by atoms with van der Waals surface area (Å²) in [4.78, 5) is 40.9. The molecule has 2 atom stereocenters. The van der Waals surface area contributed by atoms with Crippen molar-refractivity contribution in [2.24, 2.45) is 0 Å². The number of rotatable bonds is 3. The van der Waals surface area contributed by atoms with Crippen LogP contribution >= 0.6 is 0 Å². The van der Waals surface area contributed by atoms with Crippen molar-refractivity contribution in [2.45, 2.75) is 24.3 Å². The zero-order valence-corrected chi connectivity index (χ0v) is 18.0. The number of nitrogens with zero attached hydrogens (tertiary/aromatic N) is 2. The number of hydrogen-bond donors (Lipinski definition) is 3. The van der Waals surface area contributed by atoms with Crippen molar-refractivity contribution in [2.75, 3.05) is 11.9 Å². The van der Waals surface area contributed by atoms with E-state index in [1.54, 1.807) is 23.4 Å². The summed E-state index contributed by atoms with van der Waals surface area (Å²) in [5, 5.41) is 19.3. The summed E-state index contributed by atoms with van der Waals surface area (Å²) in [6, 6.07) is 14.6. The molecule has 5 rings (SSSR count). The number of phenolic OH excluding ortho intramolecular Hbond substituents is 1. The second-order valence-corrected chi connectivity index (χ2v) is 8.07. The van der Waals surface area contributed by atoms with Gasteiger partial charge in [-0.3, -0.25) is 19.4 Å². The van der Waals surface area contributed by atoms with E-state index < -0.39 is 23.0 Å². The van der Waals surface area contributed by atoms with Gasteiger partial charge in [0.25, 0.3) is 6.47 Å². The van der Waals surface area contributed by atoms with Gasteiger partial charge in [0.05, 0.1) is 12.5 Å². The molecule has 2 unspecified atom stereocenters. The lowest BCUT2D eigenvalue weighted by atomic mass is 9.73. The van der Waals surface area contributed by atoms with E-state index in [-0.39, 0.29) is 24.7 Å². The predicted octanol–water partition coefficient (Wildman–Crippen LogP) is 3.03. The molecule has 2 aliphatic rings. The minimum absolute atomic E-state index is 0.0344. The fourth-order valence-corrected chi connectivity index (χ4v) is 4.89. The van der Waals surface area contributed by atoms with E-state index in [1.807, 2.05) is 30.3 Å². The number of benzene rings is 2. The van der Waals surface area contributed by atoms with Gasteiger partial charge < -0.3 is 20.4 Å². The number of aromatic hydroxyl groups is 1. The fraction of sp³-hybridized carbons (Fsp3) is 0.200. The van der Waals surface area contributed by atoms with E-state index in [2.05, 4.69) is 10.3 Å². The van der Waals surface area contributed by atoms with Crippen LogP contribution in [0.4, 0.5) is 10.1 Å². The number of phenols is 1. The highest BCUT2D eigenvalue weighted by molar-refractivity contribution is 6.07. The van der Waals surface area contributed by atoms with Crippen LogP contribution in [0.5, 0.6) is 5.75 Å². The highest BCUT2D eigenvalue weighted by Crippen LogP contribution is 2.54. The van der Waals surface area contributed by atoms with Gasteiger partial charge in [-0.05, 0) is 47.4 Å². The summed E-state index contributed by atoms with van der Waals surface area (Å²) in [5.74, 6) is -1.57. The minimum atomic E-state index is -0.907. The first-order valence-corrected chi connectivity index (χ1v) is 10.6. The Labute approximate surface area is 194 Å². The van der Waals surface area contributed by atoms with Gasteiger partial charge in [0.1, 0.15) is 5.41 Å². The second kappa shape index (κ2) is 9.30. The number of carboxylic acid groups (broad SMARTS) is 1. The van der Waals surface area contributed by atoms with Crippen molar-refractivity contribution < 1.29 is 29.0 Å². The Morgan fingerprint density at radius 3 is 2.71 bits per heavy atom. The first-order chi connectivity index (χ1) is 16.4. The molecule has 9 heteroatoms. The molecular weight excluding hydrogens is 441 g/mol. The van der Waals surface area contributed by atoms with E-state index >= 15 is 0 Å². The van der Waals surface area contributed by atoms with E-state index in [4.69, 9.17) is 9.90 Å². The van der Waals surface area contributed by atoms with Crippen molar-refractivity contribution in [3.05, 3.63) is 89.5 Å². The highest BCUT2D eigenvalue weighted by Gasteiger charge is 2.59. The Morgan fingerprint density at radius 2 is 2.00 bits per heavy atom. The second-order valence-electron chi connectivity index (χ2n) is 8.07. The largest absolute Gasteiger partial charge is 0.505 e. The molecule has 1 spiro atoms. The quantitative estimate of drug-likeness (QED) is 0.514. The molecule has 8 nitrogen and oxygen atoms in total. The third-order valence-electron chi connectivity index (χ3n) is 6.27. The van der Waals surface area contributed by atoms with E-state index in [0.29, 0.717) is 18.5 Å². The molecule has 0 radical (unpaired) electrons. The van der Waals surface area contributed by atoms with Crippen LogP contribution in [-0.4, -0.2) is 44.9 Å². The van der Waals surface area contributed by atoms with Gasteiger partial charge in [-0.25, -0.2) is 4.39 Å². The number of nitrogens with one attached hydrogen (secondary N) is 1. The van der Waals surface area contributed by atoms with Crippen LogP contribution in [0.1, 0.15) is 29.2 Å². The summed E-state index contributed by atoms with van der Waals surface area (Å²) in [6.45, 7) is 0.140. The molecule has 0 saturated carbocycles. The number of aromatic nitrogens is 1. The van der Waals surface area contributed by atoms with Gasteiger partial charge in [-0.2, -0.15) is 0 Å². The molecule has 3 aromatic rings. The summed E-state index contributed by atoms with van der Waals surface area (Å²) >= 11 is 0. The van der Waals surface area contributed by atoms with Crippen molar-refractivity contribution in [1.29, 1.82) is 0 Å². The Bertz CT molecular complexity index is 1240. The number of amides is 2. The molecule has 1 fully saturated rings. The van der Waals surface area contributed by atoms with E-state index in [1.165, 1.54) is 12.1 Å². The number of fused-ring (bicyclic) bond motifs is 2. The topological polar surface area (TPSA) is 120 Å². The van der Waals surface area contributed by atoms with Crippen LogP contribution in [0.2, 0.25) is 0 Å². The Morgan fingerprint density at radius 1 is 1.24 bits per heavy atom. The molecule has 1 saturated heterocycles. The maximum atomic E-state index is 13.8. The summed E-state index contributed by atoms with van der Waals surface area (Å²) < 4.78 is 13.8. The predicted molar refractivity (Wildman–Crippen MR) is 121 cm³/mol. The van der Waals surface area contributed by atoms with Crippen molar-refractivity contribution >= 4 is 24.0 Å². The number of para-hydroxylation sites is 1. The maximum absolute atomic E-state index is 13.8. The smallest absolute Gasteiger partial charge is 0.290 e. The number of anilines is 1. The first-order valence-electron chi connectivity index (χ1n) is 10.6. The third kappa shape index (κ3) is 3.85. The maximum Gasteiger partial charge on any atom is 0.290 e. The number of halogens is 1. The van der Waals surface area contributed by atoms with Gasteiger partial charge >= 0.3 is 0 Å². The van der Waals surface area contributed by atoms with Gasteiger partial charge in [-0.1, -0.05) is 30.3 Å². The van der Waals surface area contributed by atoms with E-state index in [9.17, 15) is 19.1 Å². The van der Waals surface area contributed by atoms with Crippen molar-refractivity contribution in [3.63, 3.8) is 0 Å². The molecule has 174 valence electrons. The van der Waals surface area contributed by atoms with Gasteiger partial charge in [0, 0.05) is 24.6 Å². The molecule has 3 N–H and O–H groups in total. The standard InChI is InChI=1S/C24H20FN3O3.CH2O2/c25-18-12-15(7-8-20(18)29)13-21(30)28-11-9-24(22(28)16-4-3-10-26-14-16)17-5-1-2-6-19(17)27-23(24)31;2-1-3/h1-8,10,12,14,22,29H,9,11,13H2,(H,27,31);1H,(H,2,3). The normalized spacial score (nSPS) is 20.3. The van der Waals surface area contributed by atoms with Crippen LogP contribution in [0.15, 0.2) is 67.0 Å². The SMILES string of the molecule is O=C(Cc1ccc(O)c(F)c1)N1CCC2(C(=O)Nc3ccccc32)C1c1cccnc1.O=CO. The monoisotopic (exact) mass is 463 g/mol. The highest BCUT2D eigenvalue weighted by atomic mass is 19.1. The molecule has 2 amide bonds. The van der Waals surface area contributed by atoms with Crippen LogP contribution in [-0.2, 0) is 26.2 Å². The lowest BCUT2D eigenvalue weighted by Crippen LogP contribution is -2.43. The Balaban J connectivity index is 0.000000868. The molecule has 2 aromatic carbocycles. The zero-order chi connectivity index (χ0) is 24.3. The van der Waals surface area contributed by atoms with Crippen LogP contribution in [0.3, 0.4) is 0 Å². The number of likely N-dealkylation sites (tertiary alicyclic amines) is 1. The van der Waals surface area contributed by atoms with Crippen molar-refractivity contribution in [3.8, 4) is 5.75 Å². The van der Waals surface area contributed by atoms with Gasteiger partial charge in [0.2, 0.25) is 11.8 Å². The Kier molecular flexibility index (Phi) is 6.27. The van der Waals surface area contributed by atoms with Gasteiger partial charge in [-0.15, -0.1) is 0 Å². The lowest BCUT2D eigenvalue weighted by Gasteiger charge is -2.34. The number of pyridine rings is 1. The first kappa shape index (κ1) is 22.9. The third-order valence-corrected chi connectivity index (χ3v) is 6.27. The van der Waals surface area contributed by atoms with E-state index in [0.717, 1.165) is 22.9 Å². The molecule has 3 heterocycles. The van der Waals surface area contributed by atoms with Crippen molar-refractivity contribution in [1.82, 2.24) is 9.88 Å². The van der Waals surface area contributed by atoms with Crippen LogP contribution < -0.4 is 5.32 Å². The minimum Gasteiger partial charge on any atom is -0.505 e. The zero-order valence-electron chi connectivity index (χ0n) is 18.0. The molecule has 0 bridgehead atoms. The van der Waals surface area contributed by atoms with Crippen LogP contribution in [0, 0.1) is 5.82 Å². The summed E-state index contributed by atoms with van der Waals surface area (Å²) in [6.07, 6.45) is 3.78. The number of hydrogen-bond acceptors (Lipinski definition) is 5. The summed E-state index contributed by atoms with van der Waals surface area (Å²) in [7, 11) is 0. The summed E-state index contributed by atoms with van der Waals surface area (Å²) in [5.41, 5.74) is 1.96. The molecule has 2 aliphatic heterocycles. The fourth-order valence-electron chi connectivity index (χ4n) is 4.89. The lowest BCUT2D eigenvalue weighted by molar-refractivity contribution is -0.133. The molecule has 1 aromatic heterocycles. The van der Waals surface area contributed by atoms with Crippen LogP contribution in [0.25, 0.3) is 0 Å².